The highest BCUT2D eigenvalue weighted by Gasteiger charge is 2.26. The molecule has 1 aromatic rings. The van der Waals surface area contributed by atoms with Crippen molar-refractivity contribution in [1.29, 1.82) is 0 Å². The number of carboxylic acid groups (broad SMARTS) is 1. The van der Waals surface area contributed by atoms with Crippen molar-refractivity contribution in [1.82, 2.24) is 4.72 Å². The minimum absolute atomic E-state index is 0.277. The van der Waals surface area contributed by atoms with Crippen LogP contribution in [0.3, 0.4) is 0 Å². The first kappa shape index (κ1) is 15.1. The standard InChI is InChI=1S/C9H6ClF4NO2S/c10-5-2-6(11)7(1-4(5)8(16)17)18-15-3-9(12,13)14/h1-2,15H,3H2,(H,16,17). The van der Waals surface area contributed by atoms with Crippen LogP contribution in [0.1, 0.15) is 10.4 Å². The third kappa shape index (κ3) is 4.35. The SMILES string of the molecule is O=C(O)c1cc(SNCC(F)(F)F)c(F)cc1Cl. The van der Waals surface area contributed by atoms with E-state index in [1.807, 2.05) is 4.72 Å². The number of hydrogen-bond donors (Lipinski definition) is 2. The van der Waals surface area contributed by atoms with Crippen LogP contribution in [0.4, 0.5) is 17.6 Å². The van der Waals surface area contributed by atoms with Gasteiger partial charge in [-0.25, -0.2) is 9.18 Å². The summed E-state index contributed by atoms with van der Waals surface area (Å²) >= 11 is 5.82. The number of halogens is 5. The summed E-state index contributed by atoms with van der Waals surface area (Å²) in [6.45, 7) is -1.33. The fourth-order valence-corrected chi connectivity index (χ4v) is 1.92. The predicted octanol–water partition coefficient (Wildman–Crippen LogP) is 3.34. The zero-order valence-electron chi connectivity index (χ0n) is 8.52. The van der Waals surface area contributed by atoms with Crippen LogP contribution in [-0.2, 0) is 0 Å². The highest BCUT2D eigenvalue weighted by molar-refractivity contribution is 7.97. The van der Waals surface area contributed by atoms with E-state index in [9.17, 15) is 22.4 Å². The van der Waals surface area contributed by atoms with Gasteiger partial charge in [0.15, 0.2) is 0 Å². The van der Waals surface area contributed by atoms with E-state index in [2.05, 4.69) is 0 Å². The summed E-state index contributed by atoms with van der Waals surface area (Å²) in [5, 5.41) is 8.40. The Labute approximate surface area is 108 Å². The Morgan fingerprint density at radius 1 is 1.44 bits per heavy atom. The molecular weight excluding hydrogens is 298 g/mol. The van der Waals surface area contributed by atoms with E-state index in [1.54, 1.807) is 0 Å². The average Bonchev–Trinajstić information content (AvgIpc) is 2.18. The third-order valence-corrected chi connectivity index (χ3v) is 2.84. The molecule has 18 heavy (non-hydrogen) atoms. The van der Waals surface area contributed by atoms with Crippen molar-refractivity contribution in [2.24, 2.45) is 0 Å². The van der Waals surface area contributed by atoms with E-state index >= 15 is 0 Å². The van der Waals surface area contributed by atoms with Crippen molar-refractivity contribution in [2.75, 3.05) is 6.54 Å². The second kappa shape index (κ2) is 5.77. The van der Waals surface area contributed by atoms with Gasteiger partial charge in [-0.3, -0.25) is 4.72 Å². The molecule has 1 aromatic carbocycles. The maximum absolute atomic E-state index is 13.3. The topological polar surface area (TPSA) is 49.3 Å². The molecule has 9 heteroatoms. The molecule has 0 fully saturated rings. The molecule has 0 radical (unpaired) electrons. The first-order valence-electron chi connectivity index (χ1n) is 4.39. The Balaban J connectivity index is 2.83. The minimum Gasteiger partial charge on any atom is -0.478 e. The summed E-state index contributed by atoms with van der Waals surface area (Å²) in [5.74, 6) is -2.29. The quantitative estimate of drug-likeness (QED) is 0.661. The van der Waals surface area contributed by atoms with Crippen molar-refractivity contribution in [3.63, 3.8) is 0 Å². The highest BCUT2D eigenvalue weighted by atomic mass is 35.5. The Morgan fingerprint density at radius 2 is 2.06 bits per heavy atom. The number of aromatic carboxylic acids is 1. The molecule has 0 saturated heterocycles. The van der Waals surface area contributed by atoms with E-state index in [-0.39, 0.29) is 15.5 Å². The number of carboxylic acids is 1. The molecule has 2 N–H and O–H groups in total. The summed E-state index contributed by atoms with van der Waals surface area (Å²) in [6.07, 6.45) is -4.44. The van der Waals surface area contributed by atoms with Gasteiger partial charge < -0.3 is 5.11 Å². The molecule has 0 saturated carbocycles. The van der Waals surface area contributed by atoms with E-state index < -0.39 is 24.5 Å². The van der Waals surface area contributed by atoms with Gasteiger partial charge >= 0.3 is 12.1 Å². The smallest absolute Gasteiger partial charge is 0.402 e. The normalized spacial score (nSPS) is 11.6. The van der Waals surface area contributed by atoms with Gasteiger partial charge in [0.2, 0.25) is 0 Å². The van der Waals surface area contributed by atoms with Crippen molar-refractivity contribution in [3.8, 4) is 0 Å². The number of alkyl halides is 3. The zero-order chi connectivity index (χ0) is 13.9. The van der Waals surface area contributed by atoms with Gasteiger partial charge in [-0.1, -0.05) is 11.6 Å². The van der Waals surface area contributed by atoms with E-state index in [0.29, 0.717) is 11.9 Å². The second-order valence-corrected chi connectivity index (χ2v) is 4.45. The fourth-order valence-electron chi connectivity index (χ4n) is 0.967. The van der Waals surface area contributed by atoms with Crippen LogP contribution < -0.4 is 4.72 Å². The maximum Gasteiger partial charge on any atom is 0.402 e. The lowest BCUT2D eigenvalue weighted by atomic mass is 10.2. The number of nitrogens with one attached hydrogen (secondary N) is 1. The largest absolute Gasteiger partial charge is 0.478 e. The molecule has 0 amide bonds. The number of hydrogen-bond acceptors (Lipinski definition) is 3. The summed E-state index contributed by atoms with van der Waals surface area (Å²) in [4.78, 5) is 10.4. The zero-order valence-corrected chi connectivity index (χ0v) is 10.1. The van der Waals surface area contributed by atoms with Gasteiger partial charge in [-0.2, -0.15) is 13.2 Å². The van der Waals surface area contributed by atoms with Crippen LogP contribution in [-0.4, -0.2) is 23.8 Å². The van der Waals surface area contributed by atoms with Crippen LogP contribution in [0, 0.1) is 5.82 Å². The molecule has 0 atom stereocenters. The Morgan fingerprint density at radius 3 is 2.56 bits per heavy atom. The van der Waals surface area contributed by atoms with Crippen molar-refractivity contribution in [2.45, 2.75) is 11.1 Å². The molecule has 0 spiro atoms. The fraction of sp³-hybridized carbons (Fsp3) is 0.222. The van der Waals surface area contributed by atoms with Gasteiger partial charge in [-0.05, 0) is 24.1 Å². The molecule has 0 aliphatic heterocycles. The van der Waals surface area contributed by atoms with Crippen LogP contribution in [0.15, 0.2) is 17.0 Å². The maximum atomic E-state index is 13.3. The lowest BCUT2D eigenvalue weighted by Gasteiger charge is -2.09. The molecular formula is C9H6ClF4NO2S. The summed E-state index contributed by atoms with van der Waals surface area (Å²) in [6, 6.07) is 1.61. The van der Waals surface area contributed by atoms with Crippen LogP contribution in [0.25, 0.3) is 0 Å². The van der Waals surface area contributed by atoms with Crippen LogP contribution >= 0.6 is 23.5 Å². The molecule has 0 heterocycles. The Hall–Kier alpha value is -0.990. The number of carbonyl (C=O) groups is 1. The molecule has 0 bridgehead atoms. The summed E-state index contributed by atoms with van der Waals surface area (Å²) in [7, 11) is 0. The van der Waals surface area contributed by atoms with Gasteiger partial charge in [0.25, 0.3) is 0 Å². The molecule has 0 unspecified atom stereocenters. The Bertz CT molecular complexity index is 467. The van der Waals surface area contributed by atoms with E-state index in [1.165, 1.54) is 0 Å². The highest BCUT2D eigenvalue weighted by Crippen LogP contribution is 2.27. The number of benzene rings is 1. The monoisotopic (exact) mass is 303 g/mol. The van der Waals surface area contributed by atoms with Gasteiger partial charge in [-0.15, -0.1) is 0 Å². The predicted molar refractivity (Wildman–Crippen MR) is 58.3 cm³/mol. The first-order valence-corrected chi connectivity index (χ1v) is 5.59. The molecule has 0 aromatic heterocycles. The molecule has 1 rings (SSSR count). The van der Waals surface area contributed by atoms with Crippen molar-refractivity contribution >= 4 is 29.5 Å². The van der Waals surface area contributed by atoms with Crippen molar-refractivity contribution in [3.05, 3.63) is 28.5 Å². The minimum atomic E-state index is -4.44. The molecule has 0 aliphatic carbocycles. The molecule has 100 valence electrons. The van der Waals surface area contributed by atoms with Gasteiger partial charge in [0.05, 0.1) is 15.5 Å². The first-order chi connectivity index (χ1) is 8.20. The van der Waals surface area contributed by atoms with Crippen molar-refractivity contribution < 1.29 is 27.5 Å². The lowest BCUT2D eigenvalue weighted by Crippen LogP contribution is -2.24. The number of rotatable bonds is 4. The average molecular weight is 304 g/mol. The van der Waals surface area contributed by atoms with Gasteiger partial charge in [0, 0.05) is 0 Å². The van der Waals surface area contributed by atoms with Crippen LogP contribution in [0.5, 0.6) is 0 Å². The molecule has 0 aliphatic rings. The lowest BCUT2D eigenvalue weighted by molar-refractivity contribution is -0.121. The Kier molecular flexibility index (Phi) is 4.83. The molecule has 3 nitrogen and oxygen atoms in total. The summed E-state index contributed by atoms with van der Waals surface area (Å²) < 4.78 is 50.7. The summed E-state index contributed by atoms with van der Waals surface area (Å²) in [5.41, 5.74) is -0.380. The van der Waals surface area contributed by atoms with E-state index in [4.69, 9.17) is 16.7 Å². The second-order valence-electron chi connectivity index (χ2n) is 3.11. The van der Waals surface area contributed by atoms with Crippen LogP contribution in [0.2, 0.25) is 5.02 Å². The van der Waals surface area contributed by atoms with E-state index in [0.717, 1.165) is 12.1 Å². The van der Waals surface area contributed by atoms with Gasteiger partial charge in [0.1, 0.15) is 12.4 Å². The third-order valence-electron chi connectivity index (χ3n) is 1.71.